The molecule has 1 aromatic carbocycles. The van der Waals surface area contributed by atoms with Crippen molar-refractivity contribution in [3.63, 3.8) is 0 Å². The Morgan fingerprint density at radius 3 is 2.74 bits per heavy atom. The molecule has 0 bridgehead atoms. The Hall–Kier alpha value is -2.08. The van der Waals surface area contributed by atoms with Gasteiger partial charge in [0, 0.05) is 25.6 Å². The zero-order valence-corrected chi connectivity index (χ0v) is 16.7. The molecule has 1 aromatic rings. The lowest BCUT2D eigenvalue weighted by atomic mass is 9.97. The van der Waals surface area contributed by atoms with Crippen LogP contribution in [0.5, 0.6) is 5.75 Å². The summed E-state index contributed by atoms with van der Waals surface area (Å²) < 4.78 is 5.40. The minimum absolute atomic E-state index is 0.0502. The summed E-state index contributed by atoms with van der Waals surface area (Å²) in [6, 6.07) is 8.17. The highest BCUT2D eigenvalue weighted by Gasteiger charge is 2.25. The van der Waals surface area contributed by atoms with Crippen LogP contribution in [0.2, 0.25) is 0 Å². The van der Waals surface area contributed by atoms with E-state index in [2.05, 4.69) is 13.0 Å². The second-order valence-electron chi connectivity index (χ2n) is 7.60. The first-order chi connectivity index (χ1) is 12.9. The molecule has 0 aromatic heterocycles. The Morgan fingerprint density at radius 2 is 2.04 bits per heavy atom. The van der Waals surface area contributed by atoms with Crippen molar-refractivity contribution < 1.29 is 19.4 Å². The lowest BCUT2D eigenvalue weighted by molar-refractivity contribution is -0.138. The first-order valence-corrected chi connectivity index (χ1v) is 9.72. The molecule has 0 spiro atoms. The average molecular weight is 376 g/mol. The van der Waals surface area contributed by atoms with E-state index >= 15 is 0 Å². The first-order valence-electron chi connectivity index (χ1n) is 9.72. The van der Waals surface area contributed by atoms with Gasteiger partial charge in [0.15, 0.2) is 0 Å². The molecule has 6 nitrogen and oxygen atoms in total. The van der Waals surface area contributed by atoms with E-state index in [9.17, 15) is 9.59 Å². The first kappa shape index (κ1) is 21.2. The van der Waals surface area contributed by atoms with Crippen molar-refractivity contribution in [3.05, 3.63) is 29.8 Å². The van der Waals surface area contributed by atoms with E-state index in [0.717, 1.165) is 43.5 Å². The van der Waals surface area contributed by atoms with E-state index in [0.29, 0.717) is 13.0 Å². The van der Waals surface area contributed by atoms with Gasteiger partial charge in [-0.3, -0.25) is 14.5 Å². The number of likely N-dealkylation sites (tertiary alicyclic amines) is 1. The summed E-state index contributed by atoms with van der Waals surface area (Å²) in [7, 11) is 3.52. The molecule has 0 unspecified atom stereocenters. The van der Waals surface area contributed by atoms with Gasteiger partial charge in [-0.2, -0.15) is 0 Å². The van der Waals surface area contributed by atoms with Gasteiger partial charge in [0.2, 0.25) is 5.91 Å². The predicted molar refractivity (Wildman–Crippen MR) is 105 cm³/mol. The highest BCUT2D eigenvalue weighted by atomic mass is 16.5. The molecule has 0 saturated carbocycles. The van der Waals surface area contributed by atoms with E-state index < -0.39 is 5.97 Å². The fraction of sp³-hybridized carbons (Fsp3) is 0.619. The number of hydrogen-bond donors (Lipinski definition) is 1. The van der Waals surface area contributed by atoms with Crippen molar-refractivity contribution in [3.8, 4) is 5.75 Å². The number of methoxy groups -OCH3 is 1. The van der Waals surface area contributed by atoms with Crippen LogP contribution in [0.15, 0.2) is 24.3 Å². The van der Waals surface area contributed by atoms with E-state index in [-0.39, 0.29) is 24.4 Å². The number of nitrogens with zero attached hydrogens (tertiary/aromatic N) is 2. The maximum absolute atomic E-state index is 12.7. The standard InChI is InChI=1S/C21H32N2O4/c1-16(13-17-7-4-5-9-19(17)27-3)14-20(24)23-11-6-8-18(10-12-23)22(2)15-21(25)26/h4-5,7,9,16,18H,6,8,10-15H2,1-3H3,(H,25,26)/t16-,18-/m1/s1. The van der Waals surface area contributed by atoms with Gasteiger partial charge in [-0.15, -0.1) is 0 Å². The van der Waals surface area contributed by atoms with Crippen molar-refractivity contribution in [1.82, 2.24) is 9.80 Å². The van der Waals surface area contributed by atoms with E-state index in [1.807, 2.05) is 35.0 Å². The van der Waals surface area contributed by atoms with Crippen molar-refractivity contribution in [2.24, 2.45) is 5.92 Å². The Balaban J connectivity index is 1.85. The van der Waals surface area contributed by atoms with Gasteiger partial charge in [0.05, 0.1) is 13.7 Å². The molecule has 2 rings (SSSR count). The SMILES string of the molecule is COc1ccccc1C[C@@H](C)CC(=O)N1CCC[C@@H](N(C)CC(=O)O)CC1. The summed E-state index contributed by atoms with van der Waals surface area (Å²) in [5.41, 5.74) is 1.13. The molecule has 2 atom stereocenters. The molecule has 1 saturated heterocycles. The van der Waals surface area contributed by atoms with Crippen molar-refractivity contribution in [1.29, 1.82) is 0 Å². The second kappa shape index (κ2) is 10.3. The van der Waals surface area contributed by atoms with Crippen LogP contribution < -0.4 is 4.74 Å². The van der Waals surface area contributed by atoms with Gasteiger partial charge >= 0.3 is 5.97 Å². The number of likely N-dealkylation sites (N-methyl/N-ethyl adjacent to an activating group) is 1. The predicted octanol–water partition coefficient (Wildman–Crippen LogP) is 2.66. The summed E-state index contributed by atoms with van der Waals surface area (Å²) in [6.45, 7) is 3.62. The third kappa shape index (κ3) is 6.54. The molecule has 150 valence electrons. The molecule has 27 heavy (non-hydrogen) atoms. The number of ether oxygens (including phenoxy) is 1. The molecule has 1 amide bonds. The molecular formula is C21H32N2O4. The molecule has 1 fully saturated rings. The lowest BCUT2D eigenvalue weighted by Gasteiger charge is -2.26. The Labute approximate surface area is 162 Å². The zero-order valence-electron chi connectivity index (χ0n) is 16.7. The molecule has 1 aliphatic rings. The second-order valence-corrected chi connectivity index (χ2v) is 7.60. The van der Waals surface area contributed by atoms with Crippen molar-refractivity contribution >= 4 is 11.9 Å². The number of rotatable bonds is 8. The average Bonchev–Trinajstić information content (AvgIpc) is 2.88. The zero-order chi connectivity index (χ0) is 19.8. The number of para-hydroxylation sites is 1. The van der Waals surface area contributed by atoms with Crippen LogP contribution in [0.1, 0.15) is 38.2 Å². The number of benzene rings is 1. The van der Waals surface area contributed by atoms with Gasteiger partial charge in [-0.25, -0.2) is 0 Å². The van der Waals surface area contributed by atoms with Gasteiger partial charge in [0.25, 0.3) is 0 Å². The summed E-state index contributed by atoms with van der Waals surface area (Å²) in [5.74, 6) is 0.497. The fourth-order valence-corrected chi connectivity index (χ4v) is 3.86. The lowest BCUT2D eigenvalue weighted by Crippen LogP contribution is -2.37. The van der Waals surface area contributed by atoms with Crippen LogP contribution >= 0.6 is 0 Å². The largest absolute Gasteiger partial charge is 0.496 e. The third-order valence-electron chi connectivity index (χ3n) is 5.34. The Bertz CT molecular complexity index is 634. The maximum atomic E-state index is 12.7. The Morgan fingerprint density at radius 1 is 1.30 bits per heavy atom. The van der Waals surface area contributed by atoms with E-state index in [1.165, 1.54) is 0 Å². The summed E-state index contributed by atoms with van der Waals surface area (Å²) in [6.07, 6.45) is 4.02. The molecular weight excluding hydrogens is 344 g/mol. The number of amides is 1. The molecule has 1 heterocycles. The van der Waals surface area contributed by atoms with Gasteiger partial charge < -0.3 is 14.7 Å². The summed E-state index contributed by atoms with van der Waals surface area (Å²) in [5, 5.41) is 8.97. The topological polar surface area (TPSA) is 70.1 Å². The Kier molecular flexibility index (Phi) is 8.10. The number of aliphatic carboxylic acids is 1. The van der Waals surface area contributed by atoms with Gasteiger partial charge in [-0.05, 0) is 50.3 Å². The van der Waals surface area contributed by atoms with Crippen LogP contribution in [0.4, 0.5) is 0 Å². The summed E-state index contributed by atoms with van der Waals surface area (Å²) in [4.78, 5) is 27.5. The van der Waals surface area contributed by atoms with Crippen LogP contribution in [-0.2, 0) is 16.0 Å². The van der Waals surface area contributed by atoms with Crippen LogP contribution in [0.3, 0.4) is 0 Å². The minimum Gasteiger partial charge on any atom is -0.496 e. The monoisotopic (exact) mass is 376 g/mol. The number of carboxylic acids is 1. The third-order valence-corrected chi connectivity index (χ3v) is 5.34. The van der Waals surface area contributed by atoms with Crippen molar-refractivity contribution in [2.75, 3.05) is 33.8 Å². The molecule has 1 N–H and O–H groups in total. The fourth-order valence-electron chi connectivity index (χ4n) is 3.86. The van der Waals surface area contributed by atoms with E-state index in [1.54, 1.807) is 7.11 Å². The van der Waals surface area contributed by atoms with Crippen molar-refractivity contribution in [2.45, 2.75) is 45.1 Å². The molecule has 0 radical (unpaired) electrons. The van der Waals surface area contributed by atoms with Crippen LogP contribution in [-0.4, -0.2) is 66.6 Å². The highest BCUT2D eigenvalue weighted by molar-refractivity contribution is 5.76. The van der Waals surface area contributed by atoms with E-state index in [4.69, 9.17) is 9.84 Å². The quantitative estimate of drug-likeness (QED) is 0.755. The van der Waals surface area contributed by atoms with Crippen LogP contribution in [0.25, 0.3) is 0 Å². The number of carboxylic acid groups (broad SMARTS) is 1. The van der Waals surface area contributed by atoms with Gasteiger partial charge in [0.1, 0.15) is 5.75 Å². The molecule has 1 aliphatic heterocycles. The number of carbonyl (C=O) groups excluding carboxylic acids is 1. The maximum Gasteiger partial charge on any atom is 0.317 e. The normalized spacial score (nSPS) is 18.8. The molecule has 6 heteroatoms. The number of carbonyl (C=O) groups is 2. The number of hydrogen-bond acceptors (Lipinski definition) is 4. The minimum atomic E-state index is -0.806. The van der Waals surface area contributed by atoms with Gasteiger partial charge in [-0.1, -0.05) is 25.1 Å². The van der Waals surface area contributed by atoms with Crippen LogP contribution in [0, 0.1) is 5.92 Å². The summed E-state index contributed by atoms with van der Waals surface area (Å²) >= 11 is 0. The molecule has 0 aliphatic carbocycles. The smallest absolute Gasteiger partial charge is 0.317 e. The highest BCUT2D eigenvalue weighted by Crippen LogP contribution is 2.23.